The van der Waals surface area contributed by atoms with Crippen LogP contribution >= 0.6 is 23.4 Å². The van der Waals surface area contributed by atoms with Crippen LogP contribution in [0.5, 0.6) is 11.5 Å². The second-order valence-corrected chi connectivity index (χ2v) is 7.40. The minimum absolute atomic E-state index is 0.125. The van der Waals surface area contributed by atoms with Gasteiger partial charge in [0.15, 0.2) is 0 Å². The Morgan fingerprint density at radius 3 is 2.30 bits per heavy atom. The number of nitro groups is 1. The SMILES string of the molecule is CCCCOc1cc([N+](=O)[O-])c(OCCCC)c(Sc2ccccc2)c1Cl. The predicted octanol–water partition coefficient (Wildman–Crippen LogP) is 6.76. The maximum absolute atomic E-state index is 11.7. The first-order valence-electron chi connectivity index (χ1n) is 9.07. The molecule has 0 atom stereocenters. The lowest BCUT2D eigenvalue weighted by molar-refractivity contribution is -0.386. The fraction of sp³-hybridized carbons (Fsp3) is 0.400. The molecule has 146 valence electrons. The third-order valence-corrected chi connectivity index (χ3v) is 5.37. The molecule has 7 heteroatoms. The number of benzene rings is 2. The lowest BCUT2D eigenvalue weighted by Crippen LogP contribution is -2.04. The number of nitro benzene ring substituents is 1. The first-order chi connectivity index (χ1) is 13.1. The van der Waals surface area contributed by atoms with Gasteiger partial charge in [0.2, 0.25) is 5.75 Å². The Morgan fingerprint density at radius 2 is 1.70 bits per heavy atom. The maximum atomic E-state index is 11.7. The summed E-state index contributed by atoms with van der Waals surface area (Å²) in [5, 5.41) is 12.0. The minimum Gasteiger partial charge on any atom is -0.492 e. The van der Waals surface area contributed by atoms with E-state index in [1.165, 1.54) is 17.8 Å². The smallest absolute Gasteiger partial charge is 0.315 e. The molecule has 0 aliphatic carbocycles. The summed E-state index contributed by atoms with van der Waals surface area (Å²) in [6.07, 6.45) is 3.55. The number of halogens is 1. The van der Waals surface area contributed by atoms with Crippen molar-refractivity contribution in [1.29, 1.82) is 0 Å². The fourth-order valence-electron chi connectivity index (χ4n) is 2.30. The Kier molecular flexibility index (Phi) is 8.75. The lowest BCUT2D eigenvalue weighted by Gasteiger charge is -2.16. The molecule has 0 saturated carbocycles. The van der Waals surface area contributed by atoms with E-state index in [0.717, 1.165) is 30.6 Å². The molecule has 0 aromatic heterocycles. The summed E-state index contributed by atoms with van der Waals surface area (Å²) in [6, 6.07) is 10.9. The molecular weight excluding hydrogens is 386 g/mol. The van der Waals surface area contributed by atoms with Crippen LogP contribution in [-0.2, 0) is 0 Å². The number of nitrogens with zero attached hydrogens (tertiary/aromatic N) is 1. The van der Waals surface area contributed by atoms with Crippen LogP contribution in [0.1, 0.15) is 39.5 Å². The van der Waals surface area contributed by atoms with Gasteiger partial charge in [0.1, 0.15) is 10.8 Å². The van der Waals surface area contributed by atoms with Gasteiger partial charge in [0, 0.05) is 4.90 Å². The number of hydrogen-bond donors (Lipinski definition) is 0. The van der Waals surface area contributed by atoms with E-state index in [0.29, 0.717) is 28.9 Å². The van der Waals surface area contributed by atoms with Gasteiger partial charge in [-0.15, -0.1) is 0 Å². The Balaban J connectivity index is 2.49. The zero-order chi connectivity index (χ0) is 19.6. The van der Waals surface area contributed by atoms with Crippen LogP contribution < -0.4 is 9.47 Å². The van der Waals surface area contributed by atoms with Gasteiger partial charge in [0.25, 0.3) is 0 Å². The topological polar surface area (TPSA) is 61.6 Å². The van der Waals surface area contributed by atoms with E-state index in [1.807, 2.05) is 37.3 Å². The van der Waals surface area contributed by atoms with Crippen LogP contribution in [0.4, 0.5) is 5.69 Å². The Labute approximate surface area is 169 Å². The highest BCUT2D eigenvalue weighted by Crippen LogP contribution is 2.49. The van der Waals surface area contributed by atoms with Gasteiger partial charge in [-0.05, 0) is 25.0 Å². The average Bonchev–Trinajstić information content (AvgIpc) is 2.66. The first-order valence-corrected chi connectivity index (χ1v) is 10.3. The maximum Gasteiger partial charge on any atom is 0.315 e. The molecular formula is C20H24ClNO4S. The van der Waals surface area contributed by atoms with Gasteiger partial charge in [0.05, 0.1) is 29.1 Å². The summed E-state index contributed by atoms with van der Waals surface area (Å²) in [5.74, 6) is 0.522. The summed E-state index contributed by atoms with van der Waals surface area (Å²) in [6.45, 7) is 4.94. The van der Waals surface area contributed by atoms with Crippen molar-refractivity contribution in [1.82, 2.24) is 0 Å². The summed E-state index contributed by atoms with van der Waals surface area (Å²) in [5.41, 5.74) is -0.125. The molecule has 0 radical (unpaired) electrons. The molecule has 0 fully saturated rings. The Bertz CT molecular complexity index is 755. The van der Waals surface area contributed by atoms with E-state index in [9.17, 15) is 10.1 Å². The molecule has 5 nitrogen and oxygen atoms in total. The summed E-state index contributed by atoms with van der Waals surface area (Å²) in [7, 11) is 0. The van der Waals surface area contributed by atoms with Crippen molar-refractivity contribution < 1.29 is 14.4 Å². The molecule has 2 aromatic rings. The summed E-state index contributed by atoms with van der Waals surface area (Å²) >= 11 is 7.93. The third kappa shape index (κ3) is 6.04. The van der Waals surface area contributed by atoms with E-state index >= 15 is 0 Å². The van der Waals surface area contributed by atoms with Crippen molar-refractivity contribution in [3.05, 3.63) is 51.5 Å². The van der Waals surface area contributed by atoms with E-state index in [2.05, 4.69) is 6.92 Å². The molecule has 0 N–H and O–H groups in total. The highest BCUT2D eigenvalue weighted by molar-refractivity contribution is 7.99. The standard InChI is InChI=1S/C20H24ClNO4S/c1-3-5-12-25-17-14-16(22(23)24)19(26-13-6-4-2)20(18(17)21)27-15-10-8-7-9-11-15/h7-11,14H,3-6,12-13H2,1-2H3. The van der Waals surface area contributed by atoms with Gasteiger partial charge >= 0.3 is 5.69 Å². The van der Waals surface area contributed by atoms with Crippen molar-refractivity contribution in [3.63, 3.8) is 0 Å². The second-order valence-electron chi connectivity index (χ2n) is 5.94. The quantitative estimate of drug-likeness (QED) is 0.233. The number of hydrogen-bond acceptors (Lipinski definition) is 5. The third-order valence-electron chi connectivity index (χ3n) is 3.78. The predicted molar refractivity (Wildman–Crippen MR) is 109 cm³/mol. The molecule has 0 spiro atoms. The molecule has 0 amide bonds. The monoisotopic (exact) mass is 409 g/mol. The molecule has 0 bridgehead atoms. The Hall–Kier alpha value is -1.92. The average molecular weight is 410 g/mol. The van der Waals surface area contributed by atoms with Gasteiger partial charge in [-0.2, -0.15) is 0 Å². The van der Waals surface area contributed by atoms with Crippen molar-refractivity contribution in [2.45, 2.75) is 49.3 Å². The van der Waals surface area contributed by atoms with Crippen LogP contribution in [0, 0.1) is 10.1 Å². The van der Waals surface area contributed by atoms with E-state index in [-0.39, 0.29) is 11.4 Å². The summed E-state index contributed by atoms with van der Waals surface area (Å²) in [4.78, 5) is 12.7. The molecule has 2 rings (SSSR count). The number of unbranched alkanes of at least 4 members (excludes halogenated alkanes) is 2. The second kappa shape index (κ2) is 11.0. The molecule has 0 unspecified atom stereocenters. The number of rotatable bonds is 11. The lowest BCUT2D eigenvalue weighted by atomic mass is 10.2. The van der Waals surface area contributed by atoms with E-state index < -0.39 is 4.92 Å². The van der Waals surface area contributed by atoms with E-state index in [4.69, 9.17) is 21.1 Å². The zero-order valence-corrected chi connectivity index (χ0v) is 17.1. The van der Waals surface area contributed by atoms with Crippen LogP contribution in [-0.4, -0.2) is 18.1 Å². The van der Waals surface area contributed by atoms with Crippen LogP contribution in [0.3, 0.4) is 0 Å². The van der Waals surface area contributed by atoms with Crippen LogP contribution in [0.25, 0.3) is 0 Å². The van der Waals surface area contributed by atoms with Crippen LogP contribution in [0.15, 0.2) is 46.2 Å². The molecule has 0 aliphatic rings. The first kappa shape index (κ1) is 21.4. The van der Waals surface area contributed by atoms with Gasteiger partial charge < -0.3 is 9.47 Å². The van der Waals surface area contributed by atoms with Gasteiger partial charge in [-0.25, -0.2) is 0 Å². The zero-order valence-electron chi connectivity index (χ0n) is 15.6. The van der Waals surface area contributed by atoms with Gasteiger partial charge in [-0.1, -0.05) is 68.3 Å². The Morgan fingerprint density at radius 1 is 1.07 bits per heavy atom. The highest BCUT2D eigenvalue weighted by Gasteiger charge is 2.27. The molecule has 2 aromatic carbocycles. The fourth-order valence-corrected chi connectivity index (χ4v) is 3.59. The van der Waals surface area contributed by atoms with Crippen molar-refractivity contribution >= 4 is 29.1 Å². The van der Waals surface area contributed by atoms with Crippen molar-refractivity contribution in [3.8, 4) is 11.5 Å². The van der Waals surface area contributed by atoms with Crippen molar-refractivity contribution in [2.75, 3.05) is 13.2 Å². The van der Waals surface area contributed by atoms with Crippen LogP contribution in [0.2, 0.25) is 5.02 Å². The minimum atomic E-state index is -0.445. The molecule has 0 heterocycles. The van der Waals surface area contributed by atoms with Gasteiger partial charge in [-0.3, -0.25) is 10.1 Å². The van der Waals surface area contributed by atoms with E-state index in [1.54, 1.807) is 0 Å². The largest absolute Gasteiger partial charge is 0.492 e. The summed E-state index contributed by atoms with van der Waals surface area (Å²) < 4.78 is 11.5. The molecule has 0 saturated heterocycles. The molecule has 27 heavy (non-hydrogen) atoms. The molecule has 0 aliphatic heterocycles. The highest BCUT2D eigenvalue weighted by atomic mass is 35.5. The van der Waals surface area contributed by atoms with Crippen molar-refractivity contribution in [2.24, 2.45) is 0 Å². The number of ether oxygens (including phenoxy) is 2. The normalized spacial score (nSPS) is 10.6.